The van der Waals surface area contributed by atoms with Gasteiger partial charge in [0.1, 0.15) is 5.56 Å². The van der Waals surface area contributed by atoms with Crippen LogP contribution in [0.15, 0.2) is 18.2 Å². The number of nitro benzene ring substituents is 1. The highest BCUT2D eigenvalue weighted by atomic mass is 31.2. The van der Waals surface area contributed by atoms with Crippen LogP contribution in [0.25, 0.3) is 0 Å². The molecule has 0 heterocycles. The van der Waals surface area contributed by atoms with Gasteiger partial charge in [0.05, 0.1) is 18.1 Å². The Morgan fingerprint density at radius 1 is 1.12 bits per heavy atom. The van der Waals surface area contributed by atoms with Gasteiger partial charge in [-0.25, -0.2) is 4.57 Å². The van der Waals surface area contributed by atoms with Crippen LogP contribution in [0.2, 0.25) is 0 Å². The molecule has 0 radical (unpaired) electrons. The van der Waals surface area contributed by atoms with Crippen molar-refractivity contribution < 1.29 is 41.0 Å². The molecule has 1 aromatic carbocycles. The first kappa shape index (κ1) is 28.0. The van der Waals surface area contributed by atoms with Crippen molar-refractivity contribution >= 4 is 25.1 Å². The monoisotopic (exact) mass is 484 g/mol. The number of carbonyl (C=O) groups is 1. The average molecular weight is 484 g/mol. The Labute approximate surface area is 184 Å². The lowest BCUT2D eigenvalue weighted by molar-refractivity contribution is -0.388. The average Bonchev–Trinajstić information content (AvgIpc) is 2.67. The summed E-state index contributed by atoms with van der Waals surface area (Å²) in [6, 6.07) is 2.04. The Kier molecular flexibility index (Phi) is 10.3. The van der Waals surface area contributed by atoms with Crippen molar-refractivity contribution in [1.82, 2.24) is 0 Å². The van der Waals surface area contributed by atoms with Crippen molar-refractivity contribution in [3.63, 3.8) is 0 Å². The van der Waals surface area contributed by atoms with Gasteiger partial charge in [-0.2, -0.15) is 13.2 Å². The molecule has 13 heteroatoms. The molecule has 1 aromatic rings. The van der Waals surface area contributed by atoms with Gasteiger partial charge in [0, 0.05) is 11.8 Å². The number of anilines is 1. The number of nitrogens with zero attached hydrogens (tertiary/aromatic N) is 1. The molecule has 0 spiro atoms. The number of phosphoric ester groups is 1. The summed E-state index contributed by atoms with van der Waals surface area (Å²) in [5.74, 6) is -0.946. The Morgan fingerprint density at radius 2 is 1.66 bits per heavy atom. The van der Waals surface area contributed by atoms with Crippen LogP contribution < -0.4 is 5.32 Å². The van der Waals surface area contributed by atoms with Gasteiger partial charge in [0.25, 0.3) is 11.6 Å². The first-order valence-electron chi connectivity index (χ1n) is 10.0. The van der Waals surface area contributed by atoms with Crippen LogP contribution in [0.5, 0.6) is 0 Å². The number of carbonyl (C=O) groups excluding carboxylic acids is 1. The maximum atomic E-state index is 13.2. The molecule has 0 atom stereocenters. The summed E-state index contributed by atoms with van der Waals surface area (Å²) >= 11 is 0. The fourth-order valence-corrected chi connectivity index (χ4v) is 3.86. The highest BCUT2D eigenvalue weighted by molar-refractivity contribution is 7.48. The van der Waals surface area contributed by atoms with Crippen LogP contribution in [0.3, 0.4) is 0 Å². The molecule has 0 saturated carbocycles. The number of benzene rings is 1. The second-order valence-electron chi connectivity index (χ2n) is 7.36. The van der Waals surface area contributed by atoms with Crippen LogP contribution in [-0.4, -0.2) is 29.6 Å². The zero-order chi connectivity index (χ0) is 24.6. The van der Waals surface area contributed by atoms with E-state index in [4.69, 9.17) is 13.6 Å². The third kappa shape index (κ3) is 8.50. The lowest BCUT2D eigenvalue weighted by Gasteiger charge is -2.28. The van der Waals surface area contributed by atoms with Gasteiger partial charge < -0.3 is 5.32 Å². The molecule has 1 N–H and O–H groups in total. The van der Waals surface area contributed by atoms with Crippen molar-refractivity contribution in [3.05, 3.63) is 33.9 Å². The van der Waals surface area contributed by atoms with Crippen LogP contribution in [0, 0.1) is 10.1 Å². The van der Waals surface area contributed by atoms with Crippen molar-refractivity contribution in [2.24, 2.45) is 0 Å². The van der Waals surface area contributed by atoms with Crippen molar-refractivity contribution in [2.75, 3.05) is 18.5 Å². The maximum Gasteiger partial charge on any atom is 0.475 e. The molecule has 0 unspecified atom stereocenters. The molecule has 0 bridgehead atoms. The molecule has 0 fully saturated rings. The summed E-state index contributed by atoms with van der Waals surface area (Å²) in [6.07, 6.45) is -2.37. The fraction of sp³-hybridized carbons (Fsp3) is 0.632. The van der Waals surface area contributed by atoms with Gasteiger partial charge in [-0.1, -0.05) is 26.7 Å². The molecule has 1 amide bonds. The smallest absolute Gasteiger partial charge is 0.324 e. The fourth-order valence-electron chi connectivity index (χ4n) is 2.33. The second kappa shape index (κ2) is 11.7. The van der Waals surface area contributed by atoms with E-state index >= 15 is 0 Å². The topological polar surface area (TPSA) is 117 Å². The number of nitro groups is 1. The Bertz CT molecular complexity index is 833. The SMILES string of the molecule is CCCCOP(=O)(OCCCC)OC(C)(C)C(=O)Nc1ccc([N+](=O)[O-])c(C(F)(F)F)c1. The van der Waals surface area contributed by atoms with E-state index in [0.717, 1.165) is 18.9 Å². The summed E-state index contributed by atoms with van der Waals surface area (Å²) in [5.41, 5.74) is -4.84. The number of phosphoric acid groups is 1. The molecule has 182 valence electrons. The van der Waals surface area contributed by atoms with E-state index < -0.39 is 41.7 Å². The minimum atomic E-state index is -5.01. The van der Waals surface area contributed by atoms with Crippen LogP contribution in [0.4, 0.5) is 24.5 Å². The molecule has 0 aromatic heterocycles. The summed E-state index contributed by atoms with van der Waals surface area (Å²) in [5, 5.41) is 13.1. The van der Waals surface area contributed by atoms with Crippen molar-refractivity contribution in [1.29, 1.82) is 0 Å². The molecular formula is C19H28F3N2O7P. The number of amides is 1. The number of rotatable bonds is 13. The molecule has 9 nitrogen and oxygen atoms in total. The Hall–Kier alpha value is -2.01. The number of unbranched alkanes of at least 4 members (excludes halogenated alkanes) is 2. The van der Waals surface area contributed by atoms with E-state index in [0.29, 0.717) is 25.0 Å². The van der Waals surface area contributed by atoms with E-state index in [9.17, 15) is 32.6 Å². The predicted molar refractivity (Wildman–Crippen MR) is 111 cm³/mol. The van der Waals surface area contributed by atoms with Crippen LogP contribution in [0.1, 0.15) is 58.9 Å². The van der Waals surface area contributed by atoms with E-state index in [1.165, 1.54) is 13.8 Å². The predicted octanol–water partition coefficient (Wildman–Crippen LogP) is 6.09. The lowest BCUT2D eigenvalue weighted by Crippen LogP contribution is -2.39. The second-order valence-corrected chi connectivity index (χ2v) is 8.96. The first-order chi connectivity index (χ1) is 14.8. The summed E-state index contributed by atoms with van der Waals surface area (Å²) in [4.78, 5) is 22.4. The van der Waals surface area contributed by atoms with Gasteiger partial charge in [0.2, 0.25) is 0 Å². The number of hydrogen-bond acceptors (Lipinski definition) is 7. The van der Waals surface area contributed by atoms with E-state index in [-0.39, 0.29) is 18.9 Å². The summed E-state index contributed by atoms with van der Waals surface area (Å²) in [6.45, 7) is 6.41. The van der Waals surface area contributed by atoms with Crippen molar-refractivity contribution in [2.45, 2.75) is 65.2 Å². The maximum absolute atomic E-state index is 13.2. The number of hydrogen-bond donors (Lipinski definition) is 1. The molecule has 1 rings (SSSR count). The zero-order valence-electron chi connectivity index (χ0n) is 18.4. The third-order valence-electron chi connectivity index (χ3n) is 4.14. The minimum Gasteiger partial charge on any atom is -0.324 e. The van der Waals surface area contributed by atoms with Crippen LogP contribution >= 0.6 is 7.82 Å². The van der Waals surface area contributed by atoms with Gasteiger partial charge in [-0.15, -0.1) is 0 Å². The number of nitrogens with one attached hydrogen (secondary N) is 1. The first-order valence-corrected chi connectivity index (χ1v) is 11.5. The highest BCUT2D eigenvalue weighted by Crippen LogP contribution is 2.53. The Morgan fingerprint density at radius 3 is 2.09 bits per heavy atom. The molecular weight excluding hydrogens is 456 g/mol. The molecule has 0 aliphatic heterocycles. The van der Waals surface area contributed by atoms with Crippen molar-refractivity contribution in [3.8, 4) is 0 Å². The normalized spacial score (nSPS) is 12.6. The van der Waals surface area contributed by atoms with Gasteiger partial charge in [0.15, 0.2) is 5.60 Å². The molecule has 0 saturated heterocycles. The van der Waals surface area contributed by atoms with E-state index in [1.807, 2.05) is 13.8 Å². The standard InChI is InChI=1S/C19H28F3N2O7P/c1-5-7-11-29-32(28,30-12-8-6-2)31-18(3,4)17(25)23-14-9-10-16(24(26)27)15(13-14)19(20,21)22/h9-10,13H,5-8,11-12H2,1-4H3,(H,23,25). The molecule has 32 heavy (non-hydrogen) atoms. The Balaban J connectivity index is 3.06. The van der Waals surface area contributed by atoms with Gasteiger partial charge >= 0.3 is 14.0 Å². The lowest BCUT2D eigenvalue weighted by atomic mass is 10.1. The highest BCUT2D eigenvalue weighted by Gasteiger charge is 2.41. The van der Waals surface area contributed by atoms with E-state index in [1.54, 1.807) is 0 Å². The number of alkyl halides is 3. The quantitative estimate of drug-likeness (QED) is 0.156. The zero-order valence-corrected chi connectivity index (χ0v) is 19.3. The van der Waals surface area contributed by atoms with Crippen LogP contribution in [-0.2, 0) is 29.1 Å². The minimum absolute atomic E-state index is 0.0644. The summed E-state index contributed by atoms with van der Waals surface area (Å²) in [7, 11) is -4.15. The molecule has 0 aliphatic carbocycles. The largest absolute Gasteiger partial charge is 0.475 e. The van der Waals surface area contributed by atoms with Gasteiger partial charge in [-0.3, -0.25) is 28.5 Å². The number of halogens is 3. The summed E-state index contributed by atoms with van der Waals surface area (Å²) < 4.78 is 68.4. The third-order valence-corrected chi connectivity index (χ3v) is 5.82. The van der Waals surface area contributed by atoms with Gasteiger partial charge in [-0.05, 0) is 38.8 Å². The van der Waals surface area contributed by atoms with E-state index in [2.05, 4.69) is 5.32 Å². The molecule has 0 aliphatic rings.